The molecular formula is C71H87BCl2N12O8. The number of aromatic nitrogens is 8. The molecule has 3 N–H and O–H groups in total. The third-order valence-corrected chi connectivity index (χ3v) is 15.3. The number of benzene rings is 4. The molecule has 20 nitrogen and oxygen atoms in total. The zero-order valence-electron chi connectivity index (χ0n) is 55.9. The summed E-state index contributed by atoms with van der Waals surface area (Å²) >= 11 is 5.96. The van der Waals surface area contributed by atoms with Crippen LogP contribution in [-0.4, -0.2) is 159 Å². The molecule has 4 aromatic carbocycles. The molecule has 4 saturated heterocycles. The van der Waals surface area contributed by atoms with E-state index < -0.39 is 23.9 Å². The molecule has 3 amide bonds. The number of halogens is 2. The normalized spacial score (nSPS) is 14.7. The van der Waals surface area contributed by atoms with E-state index in [1.54, 1.807) is 82.5 Å². The Kier molecular flexibility index (Phi) is 25.3. The molecule has 4 aromatic heterocycles. The fourth-order valence-electron chi connectivity index (χ4n) is 10.3. The fourth-order valence-corrected chi connectivity index (χ4v) is 10.5. The fraction of sp³-hybridized carbons (Fsp3) is 0.394. The van der Waals surface area contributed by atoms with Crippen LogP contribution in [0.25, 0.3) is 33.8 Å². The van der Waals surface area contributed by atoms with Crippen LogP contribution in [0.2, 0.25) is 5.15 Å². The van der Waals surface area contributed by atoms with E-state index in [1.807, 2.05) is 99.6 Å². The largest absolute Gasteiger partial charge is 0.488 e. The van der Waals surface area contributed by atoms with E-state index in [4.69, 9.17) is 35.9 Å². The van der Waals surface area contributed by atoms with Crippen molar-refractivity contribution in [3.63, 3.8) is 0 Å². The van der Waals surface area contributed by atoms with Crippen LogP contribution in [0.15, 0.2) is 147 Å². The third-order valence-electron chi connectivity index (χ3n) is 15.0. The molecule has 0 aliphatic carbocycles. The summed E-state index contributed by atoms with van der Waals surface area (Å²) < 4.78 is 16.1. The molecule has 0 atom stereocenters. The van der Waals surface area contributed by atoms with Gasteiger partial charge < -0.3 is 44.3 Å². The Morgan fingerprint density at radius 3 is 1.00 bits per heavy atom. The standard InChI is InChI=1S/2C19H23N3O2.C14H15N3.C12H16ClN3O2.C7H9BO2.ClH/c2*1-13-6-5-7-14(10-13)16-17(21-9-8-20-16)15-11-22(12-15)18(23)24-19(2,3)4;1-10-3-2-4-11(7-10)13-14(12-8-15-9-12)17-6-5-16-13;1-12(2,3)18-11(17)16-6-8(7-16)9-10(13)15-5-4-14-9;1-6-3-2-4-7(5-6)8(9)10;/h2*5-10,15H,11-12H2,1-4H3;2-7,12,15H,8-9H2,1H3;4-5,8H,6-7H2,1-3H3;2-5,9-10H,1H3;1H. The van der Waals surface area contributed by atoms with Gasteiger partial charge in [-0.05, 0) is 114 Å². The highest BCUT2D eigenvalue weighted by Gasteiger charge is 2.39. The molecule has 0 radical (unpaired) electrons. The van der Waals surface area contributed by atoms with Gasteiger partial charge in [-0.3, -0.25) is 34.9 Å². The Hall–Kier alpha value is -8.47. The minimum absolute atomic E-state index is 0. The summed E-state index contributed by atoms with van der Waals surface area (Å²) in [5.41, 5.74) is 13.7. The number of aryl methyl sites for hydroxylation is 4. The lowest BCUT2D eigenvalue weighted by molar-refractivity contribution is 0.00694. The monoisotopic (exact) mass is 1320 g/mol. The number of nitrogens with zero attached hydrogens (tertiary/aromatic N) is 11. The maximum atomic E-state index is 12.1. The van der Waals surface area contributed by atoms with Gasteiger partial charge in [-0.2, -0.15) is 0 Å². The van der Waals surface area contributed by atoms with Gasteiger partial charge in [0.15, 0.2) is 5.15 Å². The van der Waals surface area contributed by atoms with Crippen LogP contribution < -0.4 is 10.8 Å². The number of hydrogen-bond acceptors (Lipinski definition) is 17. The lowest BCUT2D eigenvalue weighted by atomic mass is 9.80. The zero-order chi connectivity index (χ0) is 67.2. The van der Waals surface area contributed by atoms with Crippen LogP contribution in [0.5, 0.6) is 0 Å². The van der Waals surface area contributed by atoms with Gasteiger partial charge in [-0.15, -0.1) is 12.4 Å². The van der Waals surface area contributed by atoms with Crippen LogP contribution in [0.4, 0.5) is 14.4 Å². The van der Waals surface area contributed by atoms with E-state index in [1.165, 1.54) is 22.3 Å². The van der Waals surface area contributed by atoms with Gasteiger partial charge in [0.1, 0.15) is 16.8 Å². The van der Waals surface area contributed by atoms with E-state index in [9.17, 15) is 14.4 Å². The van der Waals surface area contributed by atoms with Crippen LogP contribution in [0.1, 0.15) is 131 Å². The van der Waals surface area contributed by atoms with Crippen molar-refractivity contribution in [3.8, 4) is 33.8 Å². The number of rotatable bonds is 8. The topological polar surface area (TPSA) is 244 Å². The van der Waals surface area contributed by atoms with Gasteiger partial charge in [-0.1, -0.05) is 113 Å². The van der Waals surface area contributed by atoms with E-state index >= 15 is 0 Å². The number of carbonyl (C=O) groups excluding carboxylic acids is 3. The first-order valence-corrected chi connectivity index (χ1v) is 31.6. The predicted molar refractivity (Wildman–Crippen MR) is 369 cm³/mol. The van der Waals surface area contributed by atoms with Gasteiger partial charge in [-0.25, -0.2) is 19.4 Å². The molecule has 0 saturated carbocycles. The Morgan fingerprint density at radius 1 is 0.436 bits per heavy atom. The van der Waals surface area contributed by atoms with Crippen molar-refractivity contribution in [1.29, 1.82) is 0 Å². The second-order valence-electron chi connectivity index (χ2n) is 26.6. The summed E-state index contributed by atoms with van der Waals surface area (Å²) in [5, 5.41) is 21.1. The number of ether oxygens (including phenoxy) is 3. The average Bonchev–Trinajstić information content (AvgIpc) is 0.808. The molecule has 4 fully saturated rings. The molecule has 94 heavy (non-hydrogen) atoms. The zero-order valence-corrected chi connectivity index (χ0v) is 57.5. The number of likely N-dealkylation sites (tertiary alicyclic amines) is 3. The van der Waals surface area contributed by atoms with Crippen LogP contribution in [-0.2, 0) is 14.2 Å². The summed E-state index contributed by atoms with van der Waals surface area (Å²) in [6.07, 6.45) is 12.7. The predicted octanol–water partition coefficient (Wildman–Crippen LogP) is 12.3. The number of amides is 3. The molecular weight excluding hydrogens is 1230 g/mol. The van der Waals surface area contributed by atoms with Crippen molar-refractivity contribution in [1.82, 2.24) is 59.9 Å². The van der Waals surface area contributed by atoms with E-state index in [-0.39, 0.29) is 48.4 Å². The van der Waals surface area contributed by atoms with Gasteiger partial charge in [0, 0.05) is 142 Å². The number of hydrogen-bond donors (Lipinski definition) is 3. The van der Waals surface area contributed by atoms with E-state index in [0.29, 0.717) is 55.8 Å². The second kappa shape index (κ2) is 32.6. The molecule has 4 aliphatic rings. The van der Waals surface area contributed by atoms with Crippen molar-refractivity contribution in [2.75, 3.05) is 52.4 Å². The SMILES string of the molecule is CC(C)(C)OC(=O)N1CC(c2nccnc2Cl)C1.Cc1cccc(-c2nccnc2C2CN(C(=O)OC(C)(C)C)C2)c1.Cc1cccc(-c2nccnc2C2CN(C(=O)OC(C)(C)C)C2)c1.Cc1cccc(-c2nccnc2C2CNC2)c1.Cc1cccc(B(O)O)c1.Cl. The molecule has 0 bridgehead atoms. The minimum Gasteiger partial charge on any atom is -0.444 e. The minimum atomic E-state index is -1.35. The smallest absolute Gasteiger partial charge is 0.444 e. The summed E-state index contributed by atoms with van der Waals surface area (Å²) in [4.78, 5) is 76.3. The van der Waals surface area contributed by atoms with Crippen LogP contribution in [0, 0.1) is 27.7 Å². The Balaban J connectivity index is 0.000000170. The molecule has 12 rings (SSSR count). The lowest BCUT2D eigenvalue weighted by Gasteiger charge is -2.39. The first-order valence-electron chi connectivity index (χ1n) is 31.3. The van der Waals surface area contributed by atoms with E-state index in [0.717, 1.165) is 69.6 Å². The summed E-state index contributed by atoms with van der Waals surface area (Å²) in [5.74, 6) is 1.06. The number of nitrogens with one attached hydrogen (secondary N) is 1. The Morgan fingerprint density at radius 2 is 0.723 bits per heavy atom. The molecule has 0 unspecified atom stereocenters. The van der Waals surface area contributed by atoms with Gasteiger partial charge >= 0.3 is 25.4 Å². The van der Waals surface area contributed by atoms with Crippen molar-refractivity contribution >= 4 is 54.9 Å². The molecule has 8 aromatic rings. The first-order chi connectivity index (χ1) is 44.1. The summed E-state index contributed by atoms with van der Waals surface area (Å²) in [7, 11) is -1.35. The highest BCUT2D eigenvalue weighted by molar-refractivity contribution is 6.58. The average molecular weight is 1320 g/mol. The number of carbonyl (C=O) groups is 3. The first kappa shape index (κ1) is 73.0. The Labute approximate surface area is 563 Å². The third kappa shape index (κ3) is 21.0. The van der Waals surface area contributed by atoms with Gasteiger partial charge in [0.2, 0.25) is 0 Å². The van der Waals surface area contributed by atoms with E-state index in [2.05, 4.69) is 114 Å². The second-order valence-corrected chi connectivity index (χ2v) is 27.0. The maximum absolute atomic E-state index is 12.1. The Bertz CT molecular complexity index is 3700. The maximum Gasteiger partial charge on any atom is 0.488 e. The summed E-state index contributed by atoms with van der Waals surface area (Å²) in [6.45, 7) is 30.6. The van der Waals surface area contributed by atoms with Crippen molar-refractivity contribution in [3.05, 3.63) is 197 Å². The molecule has 8 heterocycles. The lowest BCUT2D eigenvalue weighted by Crippen LogP contribution is -2.50. The van der Waals surface area contributed by atoms with Crippen LogP contribution >= 0.6 is 24.0 Å². The van der Waals surface area contributed by atoms with Crippen LogP contribution in [0.3, 0.4) is 0 Å². The molecule has 23 heteroatoms. The van der Waals surface area contributed by atoms with Crippen molar-refractivity contribution in [2.24, 2.45) is 0 Å². The quantitative estimate of drug-likeness (QED) is 0.0945. The molecule has 4 aliphatic heterocycles. The van der Waals surface area contributed by atoms with Gasteiger partial charge in [0.05, 0.1) is 39.9 Å². The highest BCUT2D eigenvalue weighted by atomic mass is 35.5. The highest BCUT2D eigenvalue weighted by Crippen LogP contribution is 2.36. The van der Waals surface area contributed by atoms with Crippen molar-refractivity contribution in [2.45, 2.75) is 130 Å². The van der Waals surface area contributed by atoms with Gasteiger partial charge in [0.25, 0.3) is 0 Å². The molecule has 0 spiro atoms. The summed E-state index contributed by atoms with van der Waals surface area (Å²) in [6, 6.07) is 32.1. The van der Waals surface area contributed by atoms with Crippen molar-refractivity contribution < 1.29 is 38.6 Å². The molecule has 496 valence electrons.